The molecule has 1 amide bonds. The van der Waals surface area contributed by atoms with E-state index in [1.54, 1.807) is 13.8 Å². The molecule has 0 radical (unpaired) electrons. The fourth-order valence-corrected chi connectivity index (χ4v) is 1.22. The molecular weight excluding hydrogens is 266 g/mol. The van der Waals surface area contributed by atoms with E-state index in [0.29, 0.717) is 0 Å². The number of hydrogen-bond acceptors (Lipinski definition) is 3. The summed E-state index contributed by atoms with van der Waals surface area (Å²) in [6, 6.07) is 0. The quantitative estimate of drug-likeness (QED) is 0.491. The average Bonchev–Trinajstić information content (AvgIpc) is 2.35. The lowest BCUT2D eigenvalue weighted by Crippen LogP contribution is -2.32. The van der Waals surface area contributed by atoms with Crippen molar-refractivity contribution in [2.24, 2.45) is 5.92 Å². The van der Waals surface area contributed by atoms with E-state index >= 15 is 0 Å². The zero-order valence-electron chi connectivity index (χ0n) is 10.4. The molecule has 1 rings (SSSR count). The maximum atomic E-state index is 13.2. The number of hydrogen-bond donors (Lipinski definition) is 2. The molecule has 0 aliphatic heterocycles. The van der Waals surface area contributed by atoms with Crippen molar-refractivity contribution >= 4 is 11.6 Å². The number of nitrogens with one attached hydrogen (secondary N) is 2. The molecule has 4 nitrogen and oxygen atoms in total. The number of carbonyl (C=O) groups excluding carboxylic acids is 1. The predicted molar refractivity (Wildman–Crippen MR) is 60.4 cm³/mol. The van der Waals surface area contributed by atoms with Gasteiger partial charge in [0.25, 0.3) is 11.9 Å². The van der Waals surface area contributed by atoms with E-state index in [9.17, 15) is 22.4 Å². The third kappa shape index (κ3) is 3.80. The lowest BCUT2D eigenvalue weighted by atomic mass is 10.2. The first-order valence-electron chi connectivity index (χ1n) is 5.56. The first kappa shape index (κ1) is 15.2. The smallest absolute Gasteiger partial charge is 0.253 e. The molecule has 1 heterocycles. The molecule has 0 bridgehead atoms. The Morgan fingerprint density at radius 3 is 2.11 bits per heavy atom. The lowest BCUT2D eigenvalue weighted by molar-refractivity contribution is -0.123. The van der Waals surface area contributed by atoms with Crippen LogP contribution in [0, 0.1) is 29.4 Å². The highest BCUT2D eigenvalue weighted by Crippen LogP contribution is 2.21. The molecule has 0 aliphatic rings. The Hall–Kier alpha value is -1.86. The molecule has 0 atom stereocenters. The van der Waals surface area contributed by atoms with Crippen molar-refractivity contribution in [3.63, 3.8) is 0 Å². The second-order valence-corrected chi connectivity index (χ2v) is 4.07. The van der Waals surface area contributed by atoms with Gasteiger partial charge in [0.05, 0.1) is 0 Å². The van der Waals surface area contributed by atoms with E-state index in [2.05, 4.69) is 15.6 Å². The van der Waals surface area contributed by atoms with Gasteiger partial charge < -0.3 is 10.6 Å². The van der Waals surface area contributed by atoms with Crippen LogP contribution in [0.5, 0.6) is 0 Å². The third-order valence-electron chi connectivity index (χ3n) is 2.25. The molecule has 0 aliphatic carbocycles. The number of aromatic nitrogens is 1. The molecule has 2 N–H and O–H groups in total. The summed E-state index contributed by atoms with van der Waals surface area (Å²) < 4.78 is 51.8. The third-order valence-corrected chi connectivity index (χ3v) is 2.25. The summed E-state index contributed by atoms with van der Waals surface area (Å²) in [5.74, 6) is -7.14. The number of carbonyl (C=O) groups is 1. The molecule has 0 fully saturated rings. The van der Waals surface area contributed by atoms with Crippen LogP contribution in [0.1, 0.15) is 13.8 Å². The minimum absolute atomic E-state index is 0.0570. The number of halogens is 4. The molecule has 8 heteroatoms. The molecule has 0 unspecified atom stereocenters. The molecule has 0 saturated carbocycles. The van der Waals surface area contributed by atoms with E-state index in [4.69, 9.17) is 0 Å². The molecule has 1 aromatic heterocycles. The highest BCUT2D eigenvalue weighted by Gasteiger charge is 2.20. The summed E-state index contributed by atoms with van der Waals surface area (Å²) >= 11 is 0. The van der Waals surface area contributed by atoms with Crippen molar-refractivity contribution in [1.82, 2.24) is 10.3 Å². The minimum atomic E-state index is -1.73. The normalized spacial score (nSPS) is 10.7. The summed E-state index contributed by atoms with van der Waals surface area (Å²) in [5.41, 5.74) is -0.941. The van der Waals surface area contributed by atoms with Crippen LogP contribution < -0.4 is 10.6 Å². The standard InChI is InChI=1S/C11H13F4N3O/c1-5(2)11(19)17-4-3-16-8-6(12)9(14)18-10(15)7(8)13/h5H,3-4H2,1-2H3,(H,16,18)(H,17,19). The molecule has 0 spiro atoms. The van der Waals surface area contributed by atoms with Gasteiger partial charge in [-0.25, -0.2) is 0 Å². The Labute approximate surface area is 107 Å². The maximum Gasteiger partial charge on any atom is 0.253 e. The van der Waals surface area contributed by atoms with Crippen LogP contribution in [-0.2, 0) is 4.79 Å². The highest BCUT2D eigenvalue weighted by molar-refractivity contribution is 5.77. The topological polar surface area (TPSA) is 54.0 Å². The van der Waals surface area contributed by atoms with Gasteiger partial charge in [-0.1, -0.05) is 13.8 Å². The molecule has 1 aromatic rings. The molecule has 19 heavy (non-hydrogen) atoms. The lowest BCUT2D eigenvalue weighted by Gasteiger charge is -2.11. The van der Waals surface area contributed by atoms with Gasteiger partial charge in [-0.3, -0.25) is 4.79 Å². The van der Waals surface area contributed by atoms with Gasteiger partial charge in [0.15, 0.2) is 0 Å². The Kier molecular flexibility index (Phi) is 5.08. The molecule has 106 valence electrons. The van der Waals surface area contributed by atoms with Gasteiger partial charge in [0.2, 0.25) is 17.5 Å². The summed E-state index contributed by atoms with van der Waals surface area (Å²) in [6.45, 7) is 3.32. The number of rotatable bonds is 5. The van der Waals surface area contributed by atoms with Gasteiger partial charge in [-0.2, -0.15) is 22.5 Å². The van der Waals surface area contributed by atoms with Crippen LogP contribution in [0.3, 0.4) is 0 Å². The van der Waals surface area contributed by atoms with Crippen molar-refractivity contribution in [2.45, 2.75) is 13.8 Å². The number of nitrogens with zero attached hydrogens (tertiary/aromatic N) is 1. The van der Waals surface area contributed by atoms with Gasteiger partial charge in [-0.05, 0) is 0 Å². The fourth-order valence-electron chi connectivity index (χ4n) is 1.22. The Morgan fingerprint density at radius 1 is 1.11 bits per heavy atom. The van der Waals surface area contributed by atoms with Gasteiger partial charge in [0, 0.05) is 19.0 Å². The van der Waals surface area contributed by atoms with Crippen LogP contribution in [0.15, 0.2) is 0 Å². The van der Waals surface area contributed by atoms with E-state index in [-0.39, 0.29) is 24.9 Å². The van der Waals surface area contributed by atoms with Crippen molar-refractivity contribution in [1.29, 1.82) is 0 Å². The summed E-state index contributed by atoms with van der Waals surface area (Å²) in [5, 5.41) is 4.64. The first-order chi connectivity index (χ1) is 8.84. The van der Waals surface area contributed by atoms with E-state index in [1.807, 2.05) is 0 Å². The van der Waals surface area contributed by atoms with Gasteiger partial charge >= 0.3 is 0 Å². The SMILES string of the molecule is CC(C)C(=O)NCCNc1c(F)c(F)nc(F)c1F. The Balaban J connectivity index is 2.61. The van der Waals surface area contributed by atoms with Gasteiger partial charge in [0.1, 0.15) is 5.69 Å². The molecule has 0 saturated heterocycles. The second-order valence-electron chi connectivity index (χ2n) is 4.07. The van der Waals surface area contributed by atoms with Crippen molar-refractivity contribution in [3.05, 3.63) is 23.5 Å². The summed E-state index contributed by atoms with van der Waals surface area (Å²) in [7, 11) is 0. The van der Waals surface area contributed by atoms with Crippen molar-refractivity contribution < 1.29 is 22.4 Å². The molecule has 0 aromatic carbocycles. The first-order valence-corrected chi connectivity index (χ1v) is 5.56. The van der Waals surface area contributed by atoms with E-state index < -0.39 is 29.2 Å². The number of anilines is 1. The Bertz CT molecular complexity index is 453. The zero-order valence-corrected chi connectivity index (χ0v) is 10.4. The fraction of sp³-hybridized carbons (Fsp3) is 0.455. The van der Waals surface area contributed by atoms with Crippen LogP contribution in [0.4, 0.5) is 23.2 Å². The summed E-state index contributed by atoms with van der Waals surface area (Å²) in [4.78, 5) is 13.6. The van der Waals surface area contributed by atoms with Crippen LogP contribution in [0.25, 0.3) is 0 Å². The van der Waals surface area contributed by atoms with Crippen LogP contribution >= 0.6 is 0 Å². The predicted octanol–water partition coefficient (Wildman–Crippen LogP) is 1.82. The zero-order chi connectivity index (χ0) is 14.6. The van der Waals surface area contributed by atoms with Crippen LogP contribution in [-0.4, -0.2) is 24.0 Å². The van der Waals surface area contributed by atoms with E-state index in [1.165, 1.54) is 0 Å². The largest absolute Gasteiger partial charge is 0.378 e. The average molecular weight is 279 g/mol. The Morgan fingerprint density at radius 2 is 1.63 bits per heavy atom. The highest BCUT2D eigenvalue weighted by atomic mass is 19.2. The summed E-state index contributed by atoms with van der Waals surface area (Å²) in [6.07, 6.45) is 0. The van der Waals surface area contributed by atoms with Crippen molar-refractivity contribution in [3.8, 4) is 0 Å². The monoisotopic (exact) mass is 279 g/mol. The minimum Gasteiger partial charge on any atom is -0.378 e. The van der Waals surface area contributed by atoms with Crippen LogP contribution in [0.2, 0.25) is 0 Å². The van der Waals surface area contributed by atoms with Crippen molar-refractivity contribution in [2.75, 3.05) is 18.4 Å². The number of amides is 1. The second kappa shape index (κ2) is 6.35. The number of pyridine rings is 1. The van der Waals surface area contributed by atoms with E-state index in [0.717, 1.165) is 0 Å². The van der Waals surface area contributed by atoms with Gasteiger partial charge in [-0.15, -0.1) is 0 Å². The molecular formula is C11H13F4N3O. The maximum absolute atomic E-state index is 13.2.